The van der Waals surface area contributed by atoms with Crippen LogP contribution in [0.25, 0.3) is 0 Å². The number of nitrogens with one attached hydrogen (secondary N) is 2. The van der Waals surface area contributed by atoms with Gasteiger partial charge in [-0.05, 0) is 12.0 Å². The van der Waals surface area contributed by atoms with Crippen LogP contribution in [0.1, 0.15) is 35.8 Å². The van der Waals surface area contributed by atoms with Crippen molar-refractivity contribution in [3.05, 3.63) is 35.9 Å². The van der Waals surface area contributed by atoms with Crippen molar-refractivity contribution in [3.63, 3.8) is 0 Å². The largest absolute Gasteiger partial charge is 0.482 e. The van der Waals surface area contributed by atoms with Gasteiger partial charge >= 0.3 is 0 Å². The maximum Gasteiger partial charge on any atom is 0.253 e. The molecule has 0 spiro atoms. The van der Waals surface area contributed by atoms with Crippen LogP contribution in [0.5, 0.6) is 5.75 Å². The molecular formula is C16H22N4O3. The number of hydrogen-bond acceptors (Lipinski definition) is 4. The normalized spacial score (nSPS) is 20.9. The molecule has 0 unspecified atom stereocenters. The predicted molar refractivity (Wildman–Crippen MR) is 84.6 cm³/mol. The summed E-state index contributed by atoms with van der Waals surface area (Å²) >= 11 is 0. The number of carbonyl (C=O) groups excluding carboxylic acids is 1. The van der Waals surface area contributed by atoms with E-state index in [4.69, 9.17) is 9.47 Å². The van der Waals surface area contributed by atoms with E-state index in [1.807, 2.05) is 7.05 Å². The van der Waals surface area contributed by atoms with E-state index >= 15 is 0 Å². The number of hydrogen-bond donors (Lipinski definition) is 2. The molecule has 0 saturated carbocycles. The topological polar surface area (TPSA) is 81.2 Å². The highest BCUT2D eigenvalue weighted by atomic mass is 16.5. The Hall–Kier alpha value is -2.28. The number of H-pyrrole nitrogens is 1. The Labute approximate surface area is 135 Å². The minimum absolute atomic E-state index is 0.106. The van der Waals surface area contributed by atoms with E-state index in [1.165, 1.54) is 0 Å². The van der Waals surface area contributed by atoms with Crippen LogP contribution in [0.15, 0.2) is 24.7 Å². The molecule has 1 fully saturated rings. The van der Waals surface area contributed by atoms with Crippen molar-refractivity contribution >= 4 is 5.91 Å². The first-order chi connectivity index (χ1) is 11.0. The molecule has 2 aromatic rings. The first-order valence-corrected chi connectivity index (χ1v) is 7.75. The van der Waals surface area contributed by atoms with Gasteiger partial charge in [0.05, 0.1) is 37.2 Å². The van der Waals surface area contributed by atoms with Crippen LogP contribution < -0.4 is 10.1 Å². The first-order valence-electron chi connectivity index (χ1n) is 7.75. The van der Waals surface area contributed by atoms with E-state index < -0.39 is 0 Å². The van der Waals surface area contributed by atoms with Crippen molar-refractivity contribution in [1.29, 1.82) is 0 Å². The monoisotopic (exact) mass is 318 g/mol. The van der Waals surface area contributed by atoms with Crippen LogP contribution in [0.4, 0.5) is 0 Å². The van der Waals surface area contributed by atoms with Crippen molar-refractivity contribution in [2.24, 2.45) is 7.05 Å². The summed E-state index contributed by atoms with van der Waals surface area (Å²) in [5.74, 6) is 0.824. The van der Waals surface area contributed by atoms with Gasteiger partial charge in [0.2, 0.25) is 0 Å². The molecule has 7 nitrogen and oxygen atoms in total. The fourth-order valence-corrected chi connectivity index (χ4v) is 2.72. The Balaban J connectivity index is 1.66. The highest BCUT2D eigenvalue weighted by Gasteiger charge is 2.32. The molecule has 0 aromatic carbocycles. The molecule has 2 aromatic heterocycles. The second-order valence-electron chi connectivity index (χ2n) is 6.08. The Kier molecular flexibility index (Phi) is 4.38. The van der Waals surface area contributed by atoms with Crippen LogP contribution >= 0.6 is 0 Å². The third kappa shape index (κ3) is 3.39. The molecule has 7 heteroatoms. The molecule has 1 amide bonds. The third-order valence-electron chi connectivity index (χ3n) is 3.91. The summed E-state index contributed by atoms with van der Waals surface area (Å²) in [5.41, 5.74) is 1.61. The van der Waals surface area contributed by atoms with Gasteiger partial charge in [0.25, 0.3) is 5.91 Å². The Bertz CT molecular complexity index is 676. The lowest BCUT2D eigenvalue weighted by Crippen LogP contribution is -2.45. The van der Waals surface area contributed by atoms with Gasteiger partial charge in [0, 0.05) is 18.9 Å². The SMILES string of the molecule is CC(C)c1[nH]ccc1C(=O)N[C@H]1COC[C@H]1Oc1cnn(C)c1. The van der Waals surface area contributed by atoms with Crippen molar-refractivity contribution < 1.29 is 14.3 Å². The van der Waals surface area contributed by atoms with Gasteiger partial charge in [-0.1, -0.05) is 13.8 Å². The quantitative estimate of drug-likeness (QED) is 0.874. The summed E-state index contributed by atoms with van der Waals surface area (Å²) < 4.78 is 13.0. The summed E-state index contributed by atoms with van der Waals surface area (Å²) in [6, 6.07) is 1.62. The highest BCUT2D eigenvalue weighted by molar-refractivity contribution is 5.95. The second-order valence-corrected chi connectivity index (χ2v) is 6.08. The lowest BCUT2D eigenvalue weighted by molar-refractivity contribution is 0.0903. The fraction of sp³-hybridized carbons (Fsp3) is 0.500. The van der Waals surface area contributed by atoms with Crippen LogP contribution in [-0.2, 0) is 11.8 Å². The Morgan fingerprint density at radius 3 is 3.04 bits per heavy atom. The molecule has 1 aliphatic heterocycles. The van der Waals surface area contributed by atoms with Gasteiger partial charge in [-0.15, -0.1) is 0 Å². The maximum absolute atomic E-state index is 12.5. The number of rotatable bonds is 5. The molecule has 3 heterocycles. The zero-order valence-electron chi connectivity index (χ0n) is 13.6. The predicted octanol–water partition coefficient (Wildman–Crippen LogP) is 1.45. The molecule has 0 radical (unpaired) electrons. The summed E-state index contributed by atoms with van der Waals surface area (Å²) in [7, 11) is 1.83. The highest BCUT2D eigenvalue weighted by Crippen LogP contribution is 2.19. The second kappa shape index (κ2) is 6.45. The number of aromatic nitrogens is 3. The Morgan fingerprint density at radius 2 is 2.35 bits per heavy atom. The van der Waals surface area contributed by atoms with Crippen LogP contribution in [0.3, 0.4) is 0 Å². The van der Waals surface area contributed by atoms with Gasteiger partial charge in [-0.25, -0.2) is 0 Å². The van der Waals surface area contributed by atoms with Gasteiger partial charge in [0.1, 0.15) is 6.10 Å². The number of amides is 1. The number of carbonyl (C=O) groups is 1. The van der Waals surface area contributed by atoms with E-state index in [2.05, 4.69) is 29.2 Å². The first kappa shape index (κ1) is 15.6. The standard InChI is InChI=1S/C16H22N4O3/c1-10(2)15-12(4-5-17-15)16(21)19-13-8-22-9-14(13)23-11-6-18-20(3)7-11/h4-7,10,13-14,17H,8-9H2,1-3H3,(H,19,21)/t13-,14+/m0/s1. The lowest BCUT2D eigenvalue weighted by atomic mass is 10.1. The van der Waals surface area contributed by atoms with Crippen molar-refractivity contribution in [2.75, 3.05) is 13.2 Å². The van der Waals surface area contributed by atoms with E-state index in [-0.39, 0.29) is 24.0 Å². The van der Waals surface area contributed by atoms with E-state index in [0.29, 0.717) is 24.5 Å². The van der Waals surface area contributed by atoms with Gasteiger partial charge in [0.15, 0.2) is 5.75 Å². The van der Waals surface area contributed by atoms with Crippen molar-refractivity contribution in [1.82, 2.24) is 20.1 Å². The van der Waals surface area contributed by atoms with Crippen LogP contribution in [-0.4, -0.2) is 46.0 Å². The average molecular weight is 318 g/mol. The Morgan fingerprint density at radius 1 is 1.52 bits per heavy atom. The smallest absolute Gasteiger partial charge is 0.253 e. The molecular weight excluding hydrogens is 296 g/mol. The number of aromatic amines is 1. The number of ether oxygens (including phenoxy) is 2. The molecule has 1 saturated heterocycles. The van der Waals surface area contributed by atoms with Gasteiger partial charge in [-0.3, -0.25) is 9.48 Å². The summed E-state index contributed by atoms with van der Waals surface area (Å²) in [6.07, 6.45) is 5.02. The van der Waals surface area contributed by atoms with E-state index in [0.717, 1.165) is 5.69 Å². The van der Waals surface area contributed by atoms with Gasteiger partial charge < -0.3 is 19.8 Å². The fourth-order valence-electron chi connectivity index (χ4n) is 2.72. The average Bonchev–Trinajstić information content (AvgIpc) is 3.21. The molecule has 2 atom stereocenters. The lowest BCUT2D eigenvalue weighted by Gasteiger charge is -2.20. The van der Waals surface area contributed by atoms with Crippen LogP contribution in [0.2, 0.25) is 0 Å². The number of aryl methyl sites for hydroxylation is 1. The summed E-state index contributed by atoms with van der Waals surface area (Å²) in [4.78, 5) is 15.7. The van der Waals surface area contributed by atoms with E-state index in [9.17, 15) is 4.79 Å². The molecule has 0 bridgehead atoms. The number of nitrogens with zero attached hydrogens (tertiary/aromatic N) is 2. The molecule has 0 aliphatic carbocycles. The zero-order valence-corrected chi connectivity index (χ0v) is 13.6. The third-order valence-corrected chi connectivity index (χ3v) is 3.91. The van der Waals surface area contributed by atoms with Crippen molar-refractivity contribution in [2.45, 2.75) is 31.9 Å². The summed E-state index contributed by atoms with van der Waals surface area (Å²) in [5, 5.41) is 7.09. The molecule has 3 rings (SSSR count). The molecule has 2 N–H and O–H groups in total. The van der Waals surface area contributed by atoms with Crippen molar-refractivity contribution in [3.8, 4) is 5.75 Å². The van der Waals surface area contributed by atoms with Gasteiger partial charge in [-0.2, -0.15) is 5.10 Å². The summed E-state index contributed by atoms with van der Waals surface area (Å²) in [6.45, 7) is 4.99. The minimum Gasteiger partial charge on any atom is -0.482 e. The van der Waals surface area contributed by atoms with Crippen LogP contribution in [0, 0.1) is 0 Å². The molecule has 124 valence electrons. The van der Waals surface area contributed by atoms with E-state index in [1.54, 1.807) is 29.3 Å². The molecule has 1 aliphatic rings. The zero-order chi connectivity index (χ0) is 16.4. The molecule has 23 heavy (non-hydrogen) atoms. The maximum atomic E-state index is 12.5. The minimum atomic E-state index is -0.218.